The second-order valence-electron chi connectivity index (χ2n) is 9.26. The first-order chi connectivity index (χ1) is 16.6. The first kappa shape index (κ1) is 21.0. The third kappa shape index (κ3) is 3.47. The predicted molar refractivity (Wildman–Crippen MR) is 129 cm³/mol. The highest BCUT2D eigenvalue weighted by atomic mass is 19.1. The van der Waals surface area contributed by atoms with Gasteiger partial charge in [0.05, 0.1) is 17.3 Å². The van der Waals surface area contributed by atoms with Crippen molar-refractivity contribution in [3.05, 3.63) is 83.1 Å². The van der Waals surface area contributed by atoms with E-state index in [0.717, 1.165) is 65.8 Å². The van der Waals surface area contributed by atoms with Crippen molar-refractivity contribution in [3.63, 3.8) is 0 Å². The van der Waals surface area contributed by atoms with Crippen LogP contribution < -0.4 is 5.32 Å². The van der Waals surface area contributed by atoms with E-state index in [2.05, 4.69) is 25.2 Å². The Labute approximate surface area is 197 Å². The molecule has 0 bridgehead atoms. The van der Waals surface area contributed by atoms with E-state index in [1.54, 1.807) is 24.5 Å². The van der Waals surface area contributed by atoms with Gasteiger partial charge in [-0.2, -0.15) is 0 Å². The molecule has 3 aromatic heterocycles. The molecule has 2 atom stereocenters. The van der Waals surface area contributed by atoms with Crippen molar-refractivity contribution in [2.45, 2.75) is 38.3 Å². The van der Waals surface area contributed by atoms with Gasteiger partial charge in [0.2, 0.25) is 0 Å². The average Bonchev–Trinajstić information content (AvgIpc) is 3.59. The molecule has 1 aromatic carbocycles. The minimum absolute atomic E-state index is 0.0762. The van der Waals surface area contributed by atoms with Crippen molar-refractivity contribution in [1.82, 2.24) is 25.2 Å². The Bertz CT molecular complexity index is 1370. The molecule has 0 radical (unpaired) electrons. The van der Waals surface area contributed by atoms with Gasteiger partial charge in [0.15, 0.2) is 0 Å². The highest BCUT2D eigenvalue weighted by molar-refractivity contribution is 5.96. The Kier molecular flexibility index (Phi) is 5.14. The fourth-order valence-corrected chi connectivity index (χ4v) is 5.57. The van der Waals surface area contributed by atoms with E-state index in [0.29, 0.717) is 11.1 Å². The van der Waals surface area contributed by atoms with Crippen molar-refractivity contribution >= 4 is 16.9 Å². The largest absolute Gasteiger partial charge is 0.346 e. The van der Waals surface area contributed by atoms with E-state index in [1.165, 1.54) is 6.07 Å². The summed E-state index contributed by atoms with van der Waals surface area (Å²) < 4.78 is 14.8. The predicted octanol–water partition coefficient (Wildman–Crippen LogP) is 4.56. The standard InChI is InChI=1S/C27H26FN5O/c1-16-14-31-26-23(16)19(9-10-29-26)21-8-7-18(15-30-21)27(34)32-25-22(33-11-2-3-12-33)13-17-5-4-6-20(28)24(17)25/h4-10,14-15,22,25H,2-3,11-13H2,1H3,(H,29,31)(H,32,34)/t22-,25+/m1/s1. The second-order valence-corrected chi connectivity index (χ2v) is 9.26. The van der Waals surface area contributed by atoms with E-state index < -0.39 is 0 Å². The number of aromatic nitrogens is 3. The lowest BCUT2D eigenvalue weighted by Gasteiger charge is -2.30. The summed E-state index contributed by atoms with van der Waals surface area (Å²) in [6.07, 6.45) is 8.32. The lowest BCUT2D eigenvalue weighted by molar-refractivity contribution is 0.0905. The molecule has 1 amide bonds. The number of aryl methyl sites for hydroxylation is 1. The Morgan fingerprint density at radius 2 is 2.00 bits per heavy atom. The van der Waals surface area contributed by atoms with Crippen LogP contribution >= 0.6 is 0 Å². The van der Waals surface area contributed by atoms with Crippen LogP contribution in [0.25, 0.3) is 22.3 Å². The summed E-state index contributed by atoms with van der Waals surface area (Å²) in [5.74, 6) is -0.483. The van der Waals surface area contributed by atoms with Gasteiger partial charge in [0, 0.05) is 41.1 Å². The Morgan fingerprint density at radius 1 is 1.15 bits per heavy atom. The summed E-state index contributed by atoms with van der Waals surface area (Å²) in [6, 6.07) is 10.5. The zero-order valence-corrected chi connectivity index (χ0v) is 19.0. The number of nitrogens with zero attached hydrogens (tertiary/aromatic N) is 3. The molecule has 34 heavy (non-hydrogen) atoms. The summed E-state index contributed by atoms with van der Waals surface area (Å²) in [4.78, 5) is 27.8. The fourth-order valence-electron chi connectivity index (χ4n) is 5.57. The van der Waals surface area contributed by atoms with E-state index in [1.807, 2.05) is 31.3 Å². The van der Waals surface area contributed by atoms with Gasteiger partial charge < -0.3 is 10.3 Å². The molecule has 172 valence electrons. The summed E-state index contributed by atoms with van der Waals surface area (Å²) in [5, 5.41) is 4.16. The second kappa shape index (κ2) is 8.33. The van der Waals surface area contributed by atoms with Crippen molar-refractivity contribution < 1.29 is 9.18 Å². The molecule has 0 spiro atoms. The quantitative estimate of drug-likeness (QED) is 0.473. The van der Waals surface area contributed by atoms with E-state index >= 15 is 0 Å². The molecule has 1 aliphatic heterocycles. The van der Waals surface area contributed by atoms with Crippen molar-refractivity contribution in [2.24, 2.45) is 0 Å². The van der Waals surface area contributed by atoms with Crippen molar-refractivity contribution in [1.29, 1.82) is 0 Å². The number of pyridine rings is 2. The maximum absolute atomic E-state index is 14.8. The van der Waals surface area contributed by atoms with Gasteiger partial charge in [-0.1, -0.05) is 12.1 Å². The van der Waals surface area contributed by atoms with Gasteiger partial charge in [-0.25, -0.2) is 9.37 Å². The molecule has 6 nitrogen and oxygen atoms in total. The number of nitrogens with one attached hydrogen (secondary N) is 2. The molecule has 7 heteroatoms. The molecule has 4 heterocycles. The van der Waals surface area contributed by atoms with Crippen LogP contribution in [0.4, 0.5) is 4.39 Å². The lowest BCUT2D eigenvalue weighted by Crippen LogP contribution is -2.43. The average molecular weight is 456 g/mol. The van der Waals surface area contributed by atoms with E-state index in [4.69, 9.17) is 0 Å². The van der Waals surface area contributed by atoms with E-state index in [9.17, 15) is 9.18 Å². The maximum Gasteiger partial charge on any atom is 0.253 e. The fraction of sp³-hybridized carbons (Fsp3) is 0.296. The monoisotopic (exact) mass is 455 g/mol. The number of likely N-dealkylation sites (tertiary alicyclic amines) is 1. The maximum atomic E-state index is 14.8. The molecule has 2 aliphatic rings. The molecular weight excluding hydrogens is 429 g/mol. The van der Waals surface area contributed by atoms with Crippen LogP contribution in [0.2, 0.25) is 0 Å². The SMILES string of the molecule is Cc1c[nH]c2nccc(-c3ccc(C(=O)N[C@@H]4c5c(F)cccc5C[C@H]4N4CCCC4)cn3)c12. The molecule has 2 N–H and O–H groups in total. The van der Waals surface area contributed by atoms with E-state index in [-0.39, 0.29) is 23.8 Å². The number of amides is 1. The van der Waals surface area contributed by atoms with Crippen LogP contribution in [0.3, 0.4) is 0 Å². The molecule has 1 fully saturated rings. The molecule has 1 aliphatic carbocycles. The molecule has 0 unspecified atom stereocenters. The number of rotatable bonds is 4. The van der Waals surface area contributed by atoms with Crippen LogP contribution in [0.15, 0.2) is 55.0 Å². The smallest absolute Gasteiger partial charge is 0.253 e. The number of halogens is 1. The summed E-state index contributed by atoms with van der Waals surface area (Å²) in [7, 11) is 0. The number of carbonyl (C=O) groups is 1. The van der Waals surface area contributed by atoms with Crippen molar-refractivity contribution in [3.8, 4) is 11.3 Å². The molecule has 4 aromatic rings. The first-order valence-electron chi connectivity index (χ1n) is 11.8. The first-order valence-corrected chi connectivity index (χ1v) is 11.8. The number of H-pyrrole nitrogens is 1. The highest BCUT2D eigenvalue weighted by Gasteiger charge is 2.40. The topological polar surface area (TPSA) is 73.9 Å². The summed E-state index contributed by atoms with van der Waals surface area (Å²) in [5.41, 5.74) is 5.73. The number of carbonyl (C=O) groups excluding carboxylic acids is 1. The van der Waals surface area contributed by atoms with Gasteiger partial charge in [-0.05, 0) is 74.7 Å². The van der Waals surface area contributed by atoms with Crippen LogP contribution in [0, 0.1) is 12.7 Å². The van der Waals surface area contributed by atoms with Gasteiger partial charge >= 0.3 is 0 Å². The van der Waals surface area contributed by atoms with Crippen LogP contribution in [-0.4, -0.2) is 44.9 Å². The zero-order valence-electron chi connectivity index (χ0n) is 19.0. The number of aromatic amines is 1. The Hall–Kier alpha value is -3.58. The third-order valence-corrected chi connectivity index (χ3v) is 7.24. The van der Waals surface area contributed by atoms with Crippen LogP contribution in [0.5, 0.6) is 0 Å². The number of fused-ring (bicyclic) bond motifs is 2. The lowest BCUT2D eigenvalue weighted by atomic mass is 10.0. The minimum Gasteiger partial charge on any atom is -0.346 e. The van der Waals surface area contributed by atoms with Gasteiger partial charge in [0.1, 0.15) is 11.5 Å². The minimum atomic E-state index is -0.371. The highest BCUT2D eigenvalue weighted by Crippen LogP contribution is 2.38. The van der Waals surface area contributed by atoms with Gasteiger partial charge in [0.25, 0.3) is 5.91 Å². The summed E-state index contributed by atoms with van der Waals surface area (Å²) >= 11 is 0. The zero-order chi connectivity index (χ0) is 23.2. The Balaban J connectivity index is 1.28. The molecular formula is C27H26FN5O. The Morgan fingerprint density at radius 3 is 2.79 bits per heavy atom. The molecule has 0 saturated carbocycles. The van der Waals surface area contributed by atoms with Crippen molar-refractivity contribution in [2.75, 3.05) is 13.1 Å². The third-order valence-electron chi connectivity index (χ3n) is 7.24. The number of hydrogen-bond donors (Lipinski definition) is 2. The number of hydrogen-bond acceptors (Lipinski definition) is 4. The molecule has 6 rings (SSSR count). The van der Waals surface area contributed by atoms with Gasteiger partial charge in [-0.3, -0.25) is 14.7 Å². The van der Waals surface area contributed by atoms with Gasteiger partial charge in [-0.15, -0.1) is 0 Å². The normalized spacial score (nSPS) is 20.1. The summed E-state index contributed by atoms with van der Waals surface area (Å²) in [6.45, 7) is 4.00. The number of benzene rings is 1. The van der Waals surface area contributed by atoms with Crippen LogP contribution in [0.1, 0.15) is 45.9 Å². The van der Waals surface area contributed by atoms with Crippen LogP contribution in [-0.2, 0) is 6.42 Å². The molecule has 1 saturated heterocycles.